The summed E-state index contributed by atoms with van der Waals surface area (Å²) in [7, 11) is 1.89. The number of nitrogens with zero attached hydrogens (tertiary/aromatic N) is 4. The lowest BCUT2D eigenvalue weighted by Crippen LogP contribution is -2.24. The molecule has 1 N–H and O–H groups in total. The molecule has 0 aliphatic rings. The molecule has 2 rings (SSSR count). The Balaban J connectivity index is 2.21. The molecule has 0 saturated carbocycles. The van der Waals surface area contributed by atoms with Gasteiger partial charge in [0.15, 0.2) is 0 Å². The van der Waals surface area contributed by atoms with E-state index in [4.69, 9.17) is 0 Å². The van der Waals surface area contributed by atoms with Gasteiger partial charge in [-0.1, -0.05) is 12.1 Å². The van der Waals surface area contributed by atoms with Crippen LogP contribution >= 0.6 is 0 Å². The van der Waals surface area contributed by atoms with Crippen LogP contribution in [0.2, 0.25) is 0 Å². The lowest BCUT2D eigenvalue weighted by molar-refractivity contribution is 0.523. The third-order valence-corrected chi connectivity index (χ3v) is 3.21. The molecule has 5 heteroatoms. The zero-order valence-electron chi connectivity index (χ0n) is 12.7. The Labute approximate surface area is 120 Å². The SMILES string of the molecule is CCCNC(Cc1cn(C)nn1)c1cc(C)nc(C)c1. The number of hydrogen-bond acceptors (Lipinski definition) is 4. The molecule has 108 valence electrons. The second-order valence-corrected chi connectivity index (χ2v) is 5.28. The summed E-state index contributed by atoms with van der Waals surface area (Å²) in [5, 5.41) is 11.8. The molecule has 0 fully saturated rings. The number of pyridine rings is 1. The molecule has 5 nitrogen and oxygen atoms in total. The summed E-state index contributed by atoms with van der Waals surface area (Å²) < 4.78 is 1.75. The van der Waals surface area contributed by atoms with Gasteiger partial charge in [0.05, 0.1) is 5.69 Å². The lowest BCUT2D eigenvalue weighted by Gasteiger charge is -2.18. The van der Waals surface area contributed by atoms with Gasteiger partial charge in [-0.2, -0.15) is 0 Å². The van der Waals surface area contributed by atoms with E-state index in [0.29, 0.717) is 0 Å². The summed E-state index contributed by atoms with van der Waals surface area (Å²) in [6.07, 6.45) is 3.93. The van der Waals surface area contributed by atoms with E-state index in [0.717, 1.165) is 36.5 Å². The van der Waals surface area contributed by atoms with Crippen LogP contribution in [0.1, 0.15) is 42.0 Å². The van der Waals surface area contributed by atoms with Gasteiger partial charge in [-0.15, -0.1) is 5.10 Å². The van der Waals surface area contributed by atoms with Crippen molar-refractivity contribution in [1.82, 2.24) is 25.3 Å². The van der Waals surface area contributed by atoms with E-state index in [9.17, 15) is 0 Å². The summed E-state index contributed by atoms with van der Waals surface area (Å²) in [6, 6.07) is 4.56. The predicted octanol–water partition coefficient (Wildman–Crippen LogP) is 2.11. The maximum atomic E-state index is 4.45. The fourth-order valence-corrected chi connectivity index (χ4v) is 2.39. The van der Waals surface area contributed by atoms with Crippen LogP contribution in [0.25, 0.3) is 0 Å². The average molecular weight is 273 g/mol. The van der Waals surface area contributed by atoms with E-state index in [1.165, 1.54) is 5.56 Å². The second-order valence-electron chi connectivity index (χ2n) is 5.28. The maximum Gasteiger partial charge on any atom is 0.0845 e. The van der Waals surface area contributed by atoms with Crippen molar-refractivity contribution in [2.24, 2.45) is 7.05 Å². The van der Waals surface area contributed by atoms with Crippen LogP contribution in [0, 0.1) is 13.8 Å². The highest BCUT2D eigenvalue weighted by atomic mass is 15.4. The van der Waals surface area contributed by atoms with E-state index >= 15 is 0 Å². The van der Waals surface area contributed by atoms with Gasteiger partial charge in [0.2, 0.25) is 0 Å². The molecule has 2 aromatic rings. The van der Waals surface area contributed by atoms with Crippen LogP contribution in [0.15, 0.2) is 18.3 Å². The Morgan fingerprint density at radius 1 is 1.25 bits per heavy atom. The molecular formula is C15H23N5. The lowest BCUT2D eigenvalue weighted by atomic mass is 10.0. The number of aromatic nitrogens is 4. The molecule has 0 aliphatic heterocycles. The van der Waals surface area contributed by atoms with Crippen molar-refractivity contribution in [2.75, 3.05) is 6.54 Å². The zero-order chi connectivity index (χ0) is 14.5. The molecule has 2 aromatic heterocycles. The van der Waals surface area contributed by atoms with E-state index < -0.39 is 0 Å². The molecule has 1 unspecified atom stereocenters. The quantitative estimate of drug-likeness (QED) is 0.876. The topological polar surface area (TPSA) is 55.6 Å². The molecule has 0 aliphatic carbocycles. The molecule has 1 atom stereocenters. The fraction of sp³-hybridized carbons (Fsp3) is 0.533. The number of hydrogen-bond donors (Lipinski definition) is 1. The highest BCUT2D eigenvalue weighted by Gasteiger charge is 2.14. The molecular weight excluding hydrogens is 250 g/mol. The van der Waals surface area contributed by atoms with Crippen molar-refractivity contribution >= 4 is 0 Å². The van der Waals surface area contributed by atoms with Crippen molar-refractivity contribution in [3.63, 3.8) is 0 Å². The Bertz CT molecular complexity index is 541. The zero-order valence-corrected chi connectivity index (χ0v) is 12.7. The molecule has 0 bridgehead atoms. The highest BCUT2D eigenvalue weighted by molar-refractivity contribution is 5.24. The van der Waals surface area contributed by atoms with Crippen molar-refractivity contribution in [3.05, 3.63) is 41.0 Å². The van der Waals surface area contributed by atoms with Crippen LogP contribution in [0.4, 0.5) is 0 Å². The summed E-state index contributed by atoms with van der Waals surface area (Å²) in [6.45, 7) is 7.24. The third-order valence-electron chi connectivity index (χ3n) is 3.21. The third kappa shape index (κ3) is 3.87. The van der Waals surface area contributed by atoms with Crippen LogP contribution < -0.4 is 5.32 Å². The summed E-state index contributed by atoms with van der Waals surface area (Å²) in [5.41, 5.74) is 4.40. The van der Waals surface area contributed by atoms with Gasteiger partial charge in [0.1, 0.15) is 0 Å². The Morgan fingerprint density at radius 3 is 2.50 bits per heavy atom. The van der Waals surface area contributed by atoms with Crippen LogP contribution in [0.3, 0.4) is 0 Å². The summed E-state index contributed by atoms with van der Waals surface area (Å²) in [5.74, 6) is 0. The van der Waals surface area contributed by atoms with E-state index in [2.05, 4.69) is 39.7 Å². The van der Waals surface area contributed by atoms with Crippen LogP contribution in [-0.4, -0.2) is 26.5 Å². The van der Waals surface area contributed by atoms with Crippen LogP contribution in [0.5, 0.6) is 0 Å². The molecule has 0 saturated heterocycles. The Kier molecular flexibility index (Phi) is 4.84. The number of aryl methyl sites for hydroxylation is 3. The van der Waals surface area contributed by atoms with Gasteiger partial charge >= 0.3 is 0 Å². The van der Waals surface area contributed by atoms with Gasteiger partial charge < -0.3 is 5.32 Å². The predicted molar refractivity (Wildman–Crippen MR) is 79.5 cm³/mol. The number of rotatable bonds is 6. The maximum absolute atomic E-state index is 4.45. The minimum Gasteiger partial charge on any atom is -0.310 e. The van der Waals surface area contributed by atoms with Crippen molar-refractivity contribution in [1.29, 1.82) is 0 Å². The largest absolute Gasteiger partial charge is 0.310 e. The smallest absolute Gasteiger partial charge is 0.0845 e. The van der Waals surface area contributed by atoms with Crippen LogP contribution in [-0.2, 0) is 13.5 Å². The monoisotopic (exact) mass is 273 g/mol. The van der Waals surface area contributed by atoms with E-state index in [-0.39, 0.29) is 6.04 Å². The molecule has 0 spiro atoms. The minimum atomic E-state index is 0.257. The second kappa shape index (κ2) is 6.61. The molecule has 0 radical (unpaired) electrons. The first-order valence-electron chi connectivity index (χ1n) is 7.12. The molecule has 0 aromatic carbocycles. The molecule has 2 heterocycles. The normalized spacial score (nSPS) is 12.6. The van der Waals surface area contributed by atoms with E-state index in [1.807, 2.05) is 27.1 Å². The summed E-state index contributed by atoms with van der Waals surface area (Å²) >= 11 is 0. The first-order chi connectivity index (χ1) is 9.58. The van der Waals surface area contributed by atoms with Crippen molar-refractivity contribution in [2.45, 2.75) is 39.7 Å². The fourth-order valence-electron chi connectivity index (χ4n) is 2.39. The highest BCUT2D eigenvalue weighted by Crippen LogP contribution is 2.19. The first-order valence-corrected chi connectivity index (χ1v) is 7.12. The van der Waals surface area contributed by atoms with Gasteiger partial charge in [0.25, 0.3) is 0 Å². The average Bonchev–Trinajstić information content (AvgIpc) is 2.79. The van der Waals surface area contributed by atoms with Gasteiger partial charge in [-0.05, 0) is 44.5 Å². The Hall–Kier alpha value is -1.75. The molecule has 0 amide bonds. The van der Waals surface area contributed by atoms with E-state index in [1.54, 1.807) is 4.68 Å². The van der Waals surface area contributed by atoms with Gasteiger partial charge in [-0.25, -0.2) is 0 Å². The molecule has 20 heavy (non-hydrogen) atoms. The van der Waals surface area contributed by atoms with Gasteiger partial charge in [0, 0.05) is 37.1 Å². The van der Waals surface area contributed by atoms with Crippen molar-refractivity contribution in [3.8, 4) is 0 Å². The van der Waals surface area contributed by atoms with Gasteiger partial charge in [-0.3, -0.25) is 9.67 Å². The standard InChI is InChI=1S/C15H23N5/c1-5-6-16-15(9-14-10-20(4)19-18-14)13-7-11(2)17-12(3)8-13/h7-8,10,15-16H,5-6,9H2,1-4H3. The summed E-state index contributed by atoms with van der Waals surface area (Å²) in [4.78, 5) is 4.45. The first kappa shape index (κ1) is 14.7. The number of nitrogens with one attached hydrogen (secondary N) is 1. The van der Waals surface area contributed by atoms with Crippen molar-refractivity contribution < 1.29 is 0 Å². The minimum absolute atomic E-state index is 0.257. The Morgan fingerprint density at radius 2 is 1.95 bits per heavy atom.